The summed E-state index contributed by atoms with van der Waals surface area (Å²) in [5.74, 6) is -0.00462. The second kappa shape index (κ2) is 3.35. The van der Waals surface area contributed by atoms with Crippen molar-refractivity contribution in [3.8, 4) is 0 Å². The number of fused-ring (bicyclic) bond motifs is 1. The fourth-order valence-electron chi connectivity index (χ4n) is 1.90. The Morgan fingerprint density at radius 2 is 2.12 bits per heavy atom. The number of nitrogens with zero attached hydrogens (tertiary/aromatic N) is 1. The molecule has 2 unspecified atom stereocenters. The average molecular weight is 215 g/mol. The van der Waals surface area contributed by atoms with E-state index in [1.54, 1.807) is 4.68 Å². The quantitative estimate of drug-likeness (QED) is 0.786. The molecule has 4 nitrogen and oxygen atoms in total. The maximum Gasteiger partial charge on any atom is 0.243 e. The van der Waals surface area contributed by atoms with Gasteiger partial charge in [0.2, 0.25) is 5.91 Å². The van der Waals surface area contributed by atoms with E-state index in [2.05, 4.69) is 5.43 Å². The first-order chi connectivity index (χ1) is 7.75. The molecule has 1 aromatic carbocycles. The lowest BCUT2D eigenvalue weighted by molar-refractivity contribution is -0.118. The lowest BCUT2D eigenvalue weighted by atomic mass is 10.3. The smallest absolute Gasteiger partial charge is 0.243 e. The van der Waals surface area contributed by atoms with Crippen molar-refractivity contribution in [2.75, 3.05) is 5.43 Å². The van der Waals surface area contributed by atoms with E-state index >= 15 is 0 Å². The van der Waals surface area contributed by atoms with Gasteiger partial charge in [-0.25, -0.2) is 0 Å². The van der Waals surface area contributed by atoms with E-state index in [1.807, 2.05) is 36.5 Å². The summed E-state index contributed by atoms with van der Waals surface area (Å²) in [5, 5.41) is 1.11. The molecule has 2 atom stereocenters. The number of hydrogen-bond donors (Lipinski definition) is 2. The van der Waals surface area contributed by atoms with E-state index in [9.17, 15) is 4.79 Å². The maximum absolute atomic E-state index is 11.7. The van der Waals surface area contributed by atoms with E-state index in [0.29, 0.717) is 0 Å². The summed E-state index contributed by atoms with van der Waals surface area (Å²) in [6, 6.07) is 9.94. The molecule has 1 fully saturated rings. The van der Waals surface area contributed by atoms with Crippen LogP contribution in [0.5, 0.6) is 0 Å². The van der Waals surface area contributed by atoms with Crippen molar-refractivity contribution in [1.29, 1.82) is 0 Å². The van der Waals surface area contributed by atoms with Gasteiger partial charge in [0.15, 0.2) is 0 Å². The van der Waals surface area contributed by atoms with Crippen LogP contribution in [-0.2, 0) is 4.79 Å². The van der Waals surface area contributed by atoms with Gasteiger partial charge in [0.1, 0.15) is 0 Å². The second-order valence-corrected chi connectivity index (χ2v) is 4.23. The first-order valence-corrected chi connectivity index (χ1v) is 5.38. The number of hydrogen-bond acceptors (Lipinski definition) is 2. The summed E-state index contributed by atoms with van der Waals surface area (Å²) in [5.41, 5.74) is 9.50. The summed E-state index contributed by atoms with van der Waals surface area (Å²) in [4.78, 5) is 11.7. The molecule has 1 aliphatic carbocycles. The minimum atomic E-state index is -0.0128. The fourth-order valence-corrected chi connectivity index (χ4v) is 1.90. The number of rotatable bonds is 2. The third-order valence-electron chi connectivity index (χ3n) is 3.01. The van der Waals surface area contributed by atoms with Crippen LogP contribution in [-0.4, -0.2) is 16.6 Å². The molecule has 0 saturated heterocycles. The number of aromatic nitrogens is 1. The molecule has 16 heavy (non-hydrogen) atoms. The van der Waals surface area contributed by atoms with Gasteiger partial charge in [-0.1, -0.05) is 18.2 Å². The van der Waals surface area contributed by atoms with Gasteiger partial charge in [0, 0.05) is 17.6 Å². The van der Waals surface area contributed by atoms with Crippen LogP contribution in [0.3, 0.4) is 0 Å². The van der Waals surface area contributed by atoms with Crippen molar-refractivity contribution in [3.05, 3.63) is 36.5 Å². The van der Waals surface area contributed by atoms with Crippen LogP contribution in [0.4, 0.5) is 0 Å². The zero-order chi connectivity index (χ0) is 11.1. The lowest BCUT2D eigenvalue weighted by Gasteiger charge is -2.07. The highest BCUT2D eigenvalue weighted by Crippen LogP contribution is 2.28. The standard InChI is InChI=1S/C12H13N3O/c13-10-7-9(10)12(16)14-15-6-5-8-3-1-2-4-11(8)15/h1-6,9-10H,7,13H2,(H,14,16). The molecule has 2 aromatic rings. The predicted molar refractivity (Wildman–Crippen MR) is 62.4 cm³/mol. The van der Waals surface area contributed by atoms with Gasteiger partial charge in [-0.3, -0.25) is 14.9 Å². The summed E-state index contributed by atoms with van der Waals surface area (Å²) >= 11 is 0. The zero-order valence-corrected chi connectivity index (χ0v) is 8.76. The van der Waals surface area contributed by atoms with E-state index < -0.39 is 0 Å². The van der Waals surface area contributed by atoms with E-state index in [-0.39, 0.29) is 17.9 Å². The van der Waals surface area contributed by atoms with Crippen molar-refractivity contribution in [3.63, 3.8) is 0 Å². The molecular formula is C12H13N3O. The molecule has 0 aliphatic heterocycles. The molecule has 1 aromatic heterocycles. The Balaban J connectivity index is 1.86. The number of amides is 1. The van der Waals surface area contributed by atoms with Crippen LogP contribution in [0.1, 0.15) is 6.42 Å². The SMILES string of the molecule is NC1CC1C(=O)Nn1ccc2ccccc21. The summed E-state index contributed by atoms with van der Waals surface area (Å²) in [6.07, 6.45) is 2.65. The Bertz CT molecular complexity index is 546. The Morgan fingerprint density at radius 3 is 2.88 bits per heavy atom. The van der Waals surface area contributed by atoms with Crippen molar-refractivity contribution < 1.29 is 4.79 Å². The van der Waals surface area contributed by atoms with Gasteiger partial charge in [0.05, 0.1) is 11.4 Å². The summed E-state index contributed by atoms with van der Waals surface area (Å²) < 4.78 is 1.75. The van der Waals surface area contributed by atoms with Crippen LogP contribution in [0, 0.1) is 5.92 Å². The van der Waals surface area contributed by atoms with Gasteiger partial charge >= 0.3 is 0 Å². The first-order valence-electron chi connectivity index (χ1n) is 5.38. The molecule has 3 N–H and O–H groups in total. The van der Waals surface area contributed by atoms with Crippen molar-refractivity contribution in [2.24, 2.45) is 11.7 Å². The Morgan fingerprint density at radius 1 is 1.38 bits per heavy atom. The topological polar surface area (TPSA) is 60.1 Å². The molecule has 0 radical (unpaired) electrons. The number of carbonyl (C=O) groups excluding carboxylic acids is 1. The number of nitrogens with two attached hydrogens (primary N) is 1. The number of para-hydroxylation sites is 1. The van der Waals surface area contributed by atoms with Gasteiger partial charge in [-0.15, -0.1) is 0 Å². The maximum atomic E-state index is 11.7. The fraction of sp³-hybridized carbons (Fsp3) is 0.250. The summed E-state index contributed by atoms with van der Waals surface area (Å²) in [7, 11) is 0. The molecule has 1 amide bonds. The van der Waals surface area contributed by atoms with Crippen LogP contribution in [0.2, 0.25) is 0 Å². The molecule has 0 bridgehead atoms. The molecule has 1 heterocycles. The van der Waals surface area contributed by atoms with Crippen LogP contribution in [0.25, 0.3) is 10.9 Å². The minimum Gasteiger partial charge on any atom is -0.327 e. The molecular weight excluding hydrogens is 202 g/mol. The van der Waals surface area contributed by atoms with Crippen LogP contribution >= 0.6 is 0 Å². The van der Waals surface area contributed by atoms with Gasteiger partial charge < -0.3 is 5.73 Å². The Kier molecular flexibility index (Phi) is 1.97. The third kappa shape index (κ3) is 1.47. The van der Waals surface area contributed by atoms with Gasteiger partial charge in [-0.05, 0) is 18.6 Å². The largest absolute Gasteiger partial charge is 0.327 e. The van der Waals surface area contributed by atoms with Crippen molar-refractivity contribution in [1.82, 2.24) is 4.68 Å². The summed E-state index contributed by atoms with van der Waals surface area (Å²) in [6.45, 7) is 0. The highest BCUT2D eigenvalue weighted by molar-refractivity contribution is 5.91. The Hall–Kier alpha value is -1.81. The van der Waals surface area contributed by atoms with Crippen LogP contribution < -0.4 is 11.2 Å². The molecule has 4 heteroatoms. The van der Waals surface area contributed by atoms with E-state index in [0.717, 1.165) is 17.3 Å². The van der Waals surface area contributed by atoms with Crippen molar-refractivity contribution in [2.45, 2.75) is 12.5 Å². The zero-order valence-electron chi connectivity index (χ0n) is 8.76. The number of carbonyl (C=O) groups is 1. The number of nitrogens with one attached hydrogen (secondary N) is 1. The molecule has 3 rings (SSSR count). The Labute approximate surface area is 93.0 Å². The van der Waals surface area contributed by atoms with Gasteiger partial charge in [-0.2, -0.15) is 0 Å². The molecule has 1 saturated carbocycles. The lowest BCUT2D eigenvalue weighted by Crippen LogP contribution is -2.25. The van der Waals surface area contributed by atoms with E-state index in [1.165, 1.54) is 0 Å². The van der Waals surface area contributed by atoms with E-state index in [4.69, 9.17) is 5.73 Å². The monoisotopic (exact) mass is 215 g/mol. The third-order valence-corrected chi connectivity index (χ3v) is 3.01. The molecule has 1 aliphatic rings. The molecule has 0 spiro atoms. The first kappa shape index (κ1) is 9.42. The average Bonchev–Trinajstić information content (AvgIpc) is 2.89. The highest BCUT2D eigenvalue weighted by Gasteiger charge is 2.40. The second-order valence-electron chi connectivity index (χ2n) is 4.23. The van der Waals surface area contributed by atoms with Crippen LogP contribution in [0.15, 0.2) is 36.5 Å². The predicted octanol–water partition coefficient (Wildman–Crippen LogP) is 1.06. The van der Waals surface area contributed by atoms with Gasteiger partial charge in [0.25, 0.3) is 0 Å². The minimum absolute atomic E-state index is 0.00820. The highest BCUT2D eigenvalue weighted by atomic mass is 16.2. The van der Waals surface area contributed by atoms with Crippen molar-refractivity contribution >= 4 is 16.8 Å². The molecule has 82 valence electrons. The number of benzene rings is 1. The normalized spacial score (nSPS) is 23.3.